The van der Waals surface area contributed by atoms with Gasteiger partial charge in [-0.25, -0.2) is 4.98 Å². The van der Waals surface area contributed by atoms with Gasteiger partial charge in [-0.05, 0) is 23.6 Å². The minimum atomic E-state index is 0.842. The van der Waals surface area contributed by atoms with Crippen LogP contribution in [0.4, 0.5) is 0 Å². The van der Waals surface area contributed by atoms with Crippen molar-refractivity contribution in [2.75, 3.05) is 7.11 Å². The Morgan fingerprint density at radius 3 is 2.81 bits per heavy atom. The van der Waals surface area contributed by atoms with E-state index in [0.29, 0.717) is 0 Å². The van der Waals surface area contributed by atoms with Gasteiger partial charge in [-0.3, -0.25) is 0 Å². The van der Waals surface area contributed by atoms with Gasteiger partial charge in [-0.2, -0.15) is 0 Å². The number of hydrogen-bond donors (Lipinski definition) is 0. The molecule has 0 fully saturated rings. The quantitative estimate of drug-likeness (QED) is 0.548. The highest BCUT2D eigenvalue weighted by molar-refractivity contribution is 5.94. The Labute approximate surface area is 122 Å². The Hall–Kier alpha value is -2.81. The number of aromatic nitrogens is 2. The third kappa shape index (κ3) is 1.94. The molecule has 102 valence electrons. The lowest BCUT2D eigenvalue weighted by atomic mass is 10.1. The molecule has 0 bridgehead atoms. The van der Waals surface area contributed by atoms with E-state index >= 15 is 0 Å². The Morgan fingerprint density at radius 2 is 1.90 bits per heavy atom. The van der Waals surface area contributed by atoms with Crippen LogP contribution < -0.4 is 4.74 Å². The Bertz CT molecular complexity index is 940. The zero-order valence-electron chi connectivity index (χ0n) is 11.7. The molecule has 0 saturated carbocycles. The fourth-order valence-electron chi connectivity index (χ4n) is 2.63. The summed E-state index contributed by atoms with van der Waals surface area (Å²) in [6.07, 6.45) is 4.10. The molecule has 2 heterocycles. The molecule has 4 aromatic rings. The molecule has 0 atom stereocenters. The summed E-state index contributed by atoms with van der Waals surface area (Å²) in [6, 6.07) is 18.4. The normalized spacial score (nSPS) is 11.1. The summed E-state index contributed by atoms with van der Waals surface area (Å²) in [5.41, 5.74) is 2.98. The number of rotatable bonds is 2. The summed E-state index contributed by atoms with van der Waals surface area (Å²) in [5, 5.41) is 2.36. The zero-order chi connectivity index (χ0) is 14.2. The van der Waals surface area contributed by atoms with Crippen LogP contribution in [0.1, 0.15) is 0 Å². The van der Waals surface area contributed by atoms with Crippen molar-refractivity contribution in [1.29, 1.82) is 0 Å². The van der Waals surface area contributed by atoms with E-state index in [1.807, 2.05) is 42.6 Å². The van der Waals surface area contributed by atoms with Gasteiger partial charge in [0.1, 0.15) is 11.4 Å². The fourth-order valence-corrected chi connectivity index (χ4v) is 2.63. The second kappa shape index (κ2) is 4.63. The summed E-state index contributed by atoms with van der Waals surface area (Å²) in [5.74, 6) is 0.842. The van der Waals surface area contributed by atoms with E-state index in [2.05, 4.69) is 28.8 Å². The summed E-state index contributed by atoms with van der Waals surface area (Å²) in [4.78, 5) is 4.79. The van der Waals surface area contributed by atoms with Gasteiger partial charge in [0.05, 0.1) is 12.8 Å². The lowest BCUT2D eigenvalue weighted by molar-refractivity contribution is 0.415. The molecule has 0 aliphatic heterocycles. The number of imidazole rings is 1. The highest BCUT2D eigenvalue weighted by Gasteiger charge is 2.07. The van der Waals surface area contributed by atoms with Crippen molar-refractivity contribution in [1.82, 2.24) is 9.38 Å². The highest BCUT2D eigenvalue weighted by atomic mass is 16.5. The molecule has 3 nitrogen and oxygen atoms in total. The van der Waals surface area contributed by atoms with E-state index in [0.717, 1.165) is 28.0 Å². The van der Waals surface area contributed by atoms with Crippen LogP contribution in [0.15, 0.2) is 67.0 Å². The number of pyridine rings is 1. The molecule has 0 unspecified atom stereocenters. The van der Waals surface area contributed by atoms with Gasteiger partial charge in [-0.15, -0.1) is 0 Å². The first kappa shape index (κ1) is 12.0. The van der Waals surface area contributed by atoms with Gasteiger partial charge in [0.25, 0.3) is 0 Å². The molecular weight excluding hydrogens is 260 g/mol. The summed E-state index contributed by atoms with van der Waals surface area (Å²) in [7, 11) is 1.68. The van der Waals surface area contributed by atoms with Crippen LogP contribution >= 0.6 is 0 Å². The smallest absolute Gasteiger partial charge is 0.145 e. The summed E-state index contributed by atoms with van der Waals surface area (Å²) < 4.78 is 7.35. The average molecular weight is 274 g/mol. The van der Waals surface area contributed by atoms with Crippen molar-refractivity contribution in [3.8, 4) is 17.0 Å². The Kier molecular flexibility index (Phi) is 2.64. The molecule has 3 heteroatoms. The van der Waals surface area contributed by atoms with Crippen LogP contribution in [0.25, 0.3) is 27.7 Å². The molecule has 4 rings (SSSR count). The van der Waals surface area contributed by atoms with E-state index in [1.165, 1.54) is 5.39 Å². The molecule has 0 radical (unpaired) electrons. The van der Waals surface area contributed by atoms with Crippen LogP contribution in [0.2, 0.25) is 0 Å². The van der Waals surface area contributed by atoms with E-state index in [-0.39, 0.29) is 0 Å². The van der Waals surface area contributed by atoms with Crippen LogP contribution in [0.3, 0.4) is 0 Å². The van der Waals surface area contributed by atoms with E-state index in [4.69, 9.17) is 9.72 Å². The predicted octanol–water partition coefficient (Wildman–Crippen LogP) is 4.16. The van der Waals surface area contributed by atoms with Gasteiger partial charge >= 0.3 is 0 Å². The van der Waals surface area contributed by atoms with Crippen LogP contribution in [0.5, 0.6) is 5.75 Å². The predicted molar refractivity (Wildman–Crippen MR) is 84.7 cm³/mol. The number of methoxy groups -OCH3 is 1. The molecule has 0 amide bonds. The molecule has 0 N–H and O–H groups in total. The first-order chi connectivity index (χ1) is 10.3. The monoisotopic (exact) mass is 274 g/mol. The number of benzene rings is 2. The zero-order valence-corrected chi connectivity index (χ0v) is 11.7. The minimum Gasteiger partial charge on any atom is -0.497 e. The second-order valence-electron chi connectivity index (χ2n) is 4.99. The number of nitrogens with zero attached hydrogens (tertiary/aromatic N) is 2. The van der Waals surface area contributed by atoms with Crippen molar-refractivity contribution in [2.24, 2.45) is 0 Å². The number of ether oxygens (including phenoxy) is 1. The molecular formula is C18H14N2O. The fraction of sp³-hybridized carbons (Fsp3) is 0.0556. The summed E-state index contributed by atoms with van der Waals surface area (Å²) in [6.45, 7) is 0. The summed E-state index contributed by atoms with van der Waals surface area (Å²) >= 11 is 0. The Morgan fingerprint density at radius 1 is 1.00 bits per heavy atom. The number of hydrogen-bond acceptors (Lipinski definition) is 2. The van der Waals surface area contributed by atoms with Crippen molar-refractivity contribution in [2.45, 2.75) is 0 Å². The molecule has 2 aromatic heterocycles. The lowest BCUT2D eigenvalue weighted by Gasteiger charge is -2.01. The largest absolute Gasteiger partial charge is 0.497 e. The highest BCUT2D eigenvalue weighted by Crippen LogP contribution is 2.26. The molecule has 0 saturated heterocycles. The maximum Gasteiger partial charge on any atom is 0.145 e. The van der Waals surface area contributed by atoms with Crippen LogP contribution in [-0.2, 0) is 0 Å². The maximum atomic E-state index is 5.29. The van der Waals surface area contributed by atoms with Crippen LogP contribution in [-0.4, -0.2) is 16.5 Å². The first-order valence-corrected chi connectivity index (χ1v) is 6.86. The van der Waals surface area contributed by atoms with Gasteiger partial charge in [0.2, 0.25) is 0 Å². The molecule has 2 aromatic carbocycles. The van der Waals surface area contributed by atoms with Gasteiger partial charge in [0.15, 0.2) is 0 Å². The van der Waals surface area contributed by atoms with Crippen molar-refractivity contribution >= 4 is 16.4 Å². The Balaban J connectivity index is 1.96. The first-order valence-electron chi connectivity index (χ1n) is 6.86. The third-order valence-electron chi connectivity index (χ3n) is 3.71. The van der Waals surface area contributed by atoms with Gasteiger partial charge < -0.3 is 9.14 Å². The SMILES string of the molecule is COc1cccc(-c2cn3ccc4ccccc4c3n2)c1. The standard InChI is InChI=1S/C18H14N2O/c1-21-15-7-4-6-14(11-15)17-12-20-10-9-13-5-2-3-8-16(13)18(20)19-17/h2-12H,1H3. The lowest BCUT2D eigenvalue weighted by Crippen LogP contribution is -1.83. The van der Waals surface area contributed by atoms with Gasteiger partial charge in [0, 0.05) is 23.3 Å². The average Bonchev–Trinajstić information content (AvgIpc) is 2.99. The van der Waals surface area contributed by atoms with E-state index < -0.39 is 0 Å². The van der Waals surface area contributed by atoms with Crippen molar-refractivity contribution in [3.63, 3.8) is 0 Å². The van der Waals surface area contributed by atoms with E-state index in [9.17, 15) is 0 Å². The van der Waals surface area contributed by atoms with E-state index in [1.54, 1.807) is 7.11 Å². The van der Waals surface area contributed by atoms with Gasteiger partial charge in [-0.1, -0.05) is 36.4 Å². The molecule has 0 spiro atoms. The second-order valence-corrected chi connectivity index (χ2v) is 4.99. The minimum absolute atomic E-state index is 0.842. The molecule has 21 heavy (non-hydrogen) atoms. The maximum absolute atomic E-state index is 5.29. The number of fused-ring (bicyclic) bond motifs is 3. The van der Waals surface area contributed by atoms with Crippen molar-refractivity contribution in [3.05, 3.63) is 67.0 Å². The molecule has 0 aliphatic rings. The van der Waals surface area contributed by atoms with Crippen LogP contribution in [0, 0.1) is 0 Å². The molecule has 0 aliphatic carbocycles. The third-order valence-corrected chi connectivity index (χ3v) is 3.71. The topological polar surface area (TPSA) is 26.5 Å². The van der Waals surface area contributed by atoms with Crippen molar-refractivity contribution < 1.29 is 4.74 Å².